The molecular formula is C18H27Cl2N. The van der Waals surface area contributed by atoms with Crippen molar-refractivity contribution in [1.82, 2.24) is 0 Å². The molecular weight excluding hydrogens is 301 g/mol. The lowest BCUT2D eigenvalue weighted by atomic mass is 9.65. The van der Waals surface area contributed by atoms with Crippen molar-refractivity contribution in [2.75, 3.05) is 0 Å². The van der Waals surface area contributed by atoms with Crippen molar-refractivity contribution in [3.05, 3.63) is 33.8 Å². The van der Waals surface area contributed by atoms with Crippen molar-refractivity contribution in [3.63, 3.8) is 0 Å². The van der Waals surface area contributed by atoms with Crippen molar-refractivity contribution >= 4 is 23.2 Å². The van der Waals surface area contributed by atoms with E-state index in [1.807, 2.05) is 18.2 Å². The maximum atomic E-state index is 6.65. The molecule has 0 unspecified atom stereocenters. The van der Waals surface area contributed by atoms with Crippen molar-refractivity contribution in [3.8, 4) is 0 Å². The third-order valence-electron chi connectivity index (χ3n) is 5.54. The average molecular weight is 328 g/mol. The van der Waals surface area contributed by atoms with Crippen LogP contribution >= 0.6 is 23.2 Å². The lowest BCUT2D eigenvalue weighted by Gasteiger charge is -2.43. The second-order valence-electron chi connectivity index (χ2n) is 7.40. The molecule has 0 aromatic heterocycles. The van der Waals surface area contributed by atoms with Crippen molar-refractivity contribution in [1.29, 1.82) is 0 Å². The molecule has 21 heavy (non-hydrogen) atoms. The van der Waals surface area contributed by atoms with E-state index in [1.54, 1.807) is 0 Å². The van der Waals surface area contributed by atoms with Crippen LogP contribution in [0.1, 0.15) is 58.4 Å². The Hall–Kier alpha value is -0.240. The van der Waals surface area contributed by atoms with Crippen LogP contribution < -0.4 is 5.73 Å². The maximum absolute atomic E-state index is 6.65. The molecule has 2 N–H and O–H groups in total. The molecule has 1 aromatic carbocycles. The van der Waals surface area contributed by atoms with E-state index in [0.29, 0.717) is 15.5 Å². The zero-order chi connectivity index (χ0) is 15.7. The normalized spacial score (nSPS) is 26.9. The van der Waals surface area contributed by atoms with Crippen molar-refractivity contribution < 1.29 is 0 Å². The van der Waals surface area contributed by atoms with Gasteiger partial charge in [-0.25, -0.2) is 0 Å². The first-order valence-corrected chi connectivity index (χ1v) is 8.74. The van der Waals surface area contributed by atoms with E-state index in [9.17, 15) is 0 Å². The van der Waals surface area contributed by atoms with E-state index in [-0.39, 0.29) is 5.54 Å². The Morgan fingerprint density at radius 1 is 1.19 bits per heavy atom. The van der Waals surface area contributed by atoms with Gasteiger partial charge in [0.25, 0.3) is 0 Å². The monoisotopic (exact) mass is 327 g/mol. The quantitative estimate of drug-likeness (QED) is 0.736. The third-order valence-corrected chi connectivity index (χ3v) is 6.28. The van der Waals surface area contributed by atoms with Gasteiger partial charge < -0.3 is 5.73 Å². The summed E-state index contributed by atoms with van der Waals surface area (Å²) >= 11 is 12.1. The highest BCUT2D eigenvalue weighted by atomic mass is 35.5. The van der Waals surface area contributed by atoms with E-state index in [1.165, 1.54) is 24.8 Å². The zero-order valence-electron chi connectivity index (χ0n) is 13.4. The predicted molar refractivity (Wildman–Crippen MR) is 93.1 cm³/mol. The van der Waals surface area contributed by atoms with E-state index < -0.39 is 0 Å². The van der Waals surface area contributed by atoms with Gasteiger partial charge in [-0.05, 0) is 61.1 Å². The van der Waals surface area contributed by atoms with Crippen LogP contribution in [0, 0.1) is 11.3 Å². The van der Waals surface area contributed by atoms with Crippen LogP contribution in [-0.4, -0.2) is 5.54 Å². The summed E-state index contributed by atoms with van der Waals surface area (Å²) in [5.41, 5.74) is 8.19. The minimum absolute atomic E-state index is 0.0858. The van der Waals surface area contributed by atoms with Crippen LogP contribution in [0.4, 0.5) is 0 Å². The fourth-order valence-corrected chi connectivity index (χ4v) is 3.82. The molecule has 1 aromatic rings. The summed E-state index contributed by atoms with van der Waals surface area (Å²) < 4.78 is 0. The summed E-state index contributed by atoms with van der Waals surface area (Å²) in [7, 11) is 0. The molecule has 118 valence electrons. The summed E-state index contributed by atoms with van der Waals surface area (Å²) in [6.45, 7) is 7.07. The molecule has 1 fully saturated rings. The summed E-state index contributed by atoms with van der Waals surface area (Å²) in [5, 5.41) is 1.23. The second kappa shape index (κ2) is 6.48. The molecule has 1 nitrogen and oxygen atoms in total. The van der Waals surface area contributed by atoms with Gasteiger partial charge in [0.05, 0.1) is 10.0 Å². The Balaban J connectivity index is 2.00. The van der Waals surface area contributed by atoms with Crippen molar-refractivity contribution in [2.45, 2.75) is 64.8 Å². The van der Waals surface area contributed by atoms with Gasteiger partial charge in [0.2, 0.25) is 0 Å². The topological polar surface area (TPSA) is 26.0 Å². The van der Waals surface area contributed by atoms with Crippen LogP contribution in [0.15, 0.2) is 18.2 Å². The van der Waals surface area contributed by atoms with Gasteiger partial charge >= 0.3 is 0 Å². The minimum Gasteiger partial charge on any atom is -0.325 e. The van der Waals surface area contributed by atoms with Gasteiger partial charge in [-0.3, -0.25) is 0 Å². The molecule has 0 amide bonds. The molecule has 3 heteroatoms. The van der Waals surface area contributed by atoms with Gasteiger partial charge in [0, 0.05) is 5.54 Å². The Bertz CT molecular complexity index is 488. The van der Waals surface area contributed by atoms with Crippen LogP contribution in [0.25, 0.3) is 0 Å². The van der Waals surface area contributed by atoms with E-state index in [2.05, 4.69) is 20.8 Å². The number of hydrogen-bond acceptors (Lipinski definition) is 1. The fraction of sp³-hybridized carbons (Fsp3) is 0.667. The Kier molecular flexibility index (Phi) is 5.28. The average Bonchev–Trinajstić information content (AvgIpc) is 2.43. The molecule has 0 saturated heterocycles. The molecule has 2 rings (SSSR count). The lowest BCUT2D eigenvalue weighted by molar-refractivity contribution is 0.115. The van der Waals surface area contributed by atoms with Crippen molar-refractivity contribution in [2.24, 2.45) is 17.1 Å². The molecule has 0 radical (unpaired) electrons. The maximum Gasteiger partial charge on any atom is 0.0595 e. The van der Waals surface area contributed by atoms with Crippen LogP contribution in [0.5, 0.6) is 0 Å². The minimum atomic E-state index is -0.0858. The smallest absolute Gasteiger partial charge is 0.0595 e. The Labute approximate surface area is 139 Å². The highest BCUT2D eigenvalue weighted by Gasteiger charge is 2.37. The first-order valence-electron chi connectivity index (χ1n) is 7.98. The molecule has 1 aliphatic carbocycles. The predicted octanol–water partition coefficient (Wildman–Crippen LogP) is 5.86. The summed E-state index contributed by atoms with van der Waals surface area (Å²) in [5.74, 6) is 0.799. The number of halogens is 2. The van der Waals surface area contributed by atoms with E-state index in [0.717, 1.165) is 25.2 Å². The highest BCUT2D eigenvalue weighted by Crippen LogP contribution is 2.43. The SMILES string of the molecule is CCC(C)(C)C1CCC(N)(Cc2ccc(Cl)c(Cl)c2)CC1. The summed E-state index contributed by atoms with van der Waals surface area (Å²) in [6.07, 6.45) is 6.80. The first kappa shape index (κ1) is 17.1. The molecule has 0 heterocycles. The third kappa shape index (κ3) is 4.15. The highest BCUT2D eigenvalue weighted by molar-refractivity contribution is 6.42. The van der Waals surface area contributed by atoms with Crippen LogP contribution in [0.3, 0.4) is 0 Å². The number of rotatable bonds is 4. The number of nitrogens with two attached hydrogens (primary N) is 1. The Morgan fingerprint density at radius 2 is 1.81 bits per heavy atom. The second-order valence-corrected chi connectivity index (χ2v) is 8.22. The van der Waals surface area contributed by atoms with Gasteiger partial charge in [-0.2, -0.15) is 0 Å². The molecule has 0 bridgehead atoms. The molecule has 0 aliphatic heterocycles. The lowest BCUT2D eigenvalue weighted by Crippen LogP contribution is -2.47. The van der Waals surface area contributed by atoms with E-state index in [4.69, 9.17) is 28.9 Å². The molecule has 0 atom stereocenters. The fourth-order valence-electron chi connectivity index (χ4n) is 3.50. The molecule has 0 spiro atoms. The zero-order valence-corrected chi connectivity index (χ0v) is 14.9. The number of hydrogen-bond donors (Lipinski definition) is 1. The first-order chi connectivity index (χ1) is 9.76. The van der Waals surface area contributed by atoms with Gasteiger partial charge in [-0.15, -0.1) is 0 Å². The molecule has 1 aliphatic rings. The van der Waals surface area contributed by atoms with Gasteiger partial charge in [-0.1, -0.05) is 56.5 Å². The van der Waals surface area contributed by atoms with Gasteiger partial charge in [0.1, 0.15) is 0 Å². The van der Waals surface area contributed by atoms with Crippen LogP contribution in [-0.2, 0) is 6.42 Å². The largest absolute Gasteiger partial charge is 0.325 e. The van der Waals surface area contributed by atoms with Crippen LogP contribution in [0.2, 0.25) is 10.0 Å². The van der Waals surface area contributed by atoms with Gasteiger partial charge in [0.15, 0.2) is 0 Å². The summed E-state index contributed by atoms with van der Waals surface area (Å²) in [4.78, 5) is 0. The molecule has 1 saturated carbocycles. The number of benzene rings is 1. The summed E-state index contributed by atoms with van der Waals surface area (Å²) in [6, 6.07) is 5.87. The Morgan fingerprint density at radius 3 is 2.33 bits per heavy atom. The standard InChI is InChI=1S/C18H27Cl2N/c1-4-17(2,3)14-7-9-18(21,10-8-14)12-13-5-6-15(19)16(20)11-13/h5-6,11,14H,4,7-10,12,21H2,1-3H3. The van der Waals surface area contributed by atoms with E-state index >= 15 is 0 Å².